The molecule has 4 rings (SSSR count). The Kier molecular flexibility index (Phi) is 7.42. The molecular weight excluding hydrogens is 452 g/mol. The van der Waals surface area contributed by atoms with E-state index in [4.69, 9.17) is 9.47 Å². The van der Waals surface area contributed by atoms with Crippen molar-refractivity contribution in [1.29, 1.82) is 0 Å². The van der Waals surface area contributed by atoms with Gasteiger partial charge in [0.2, 0.25) is 11.8 Å². The lowest BCUT2D eigenvalue weighted by Gasteiger charge is -2.25. The van der Waals surface area contributed by atoms with Gasteiger partial charge >= 0.3 is 0 Å². The number of ether oxygens (including phenoxy) is 2. The molecule has 0 unspecified atom stereocenters. The Morgan fingerprint density at radius 1 is 1.24 bits per heavy atom. The van der Waals surface area contributed by atoms with Crippen LogP contribution in [0.15, 0.2) is 53.7 Å². The molecule has 1 atom stereocenters. The van der Waals surface area contributed by atoms with E-state index in [1.54, 1.807) is 44.1 Å². The van der Waals surface area contributed by atoms with Gasteiger partial charge in [0, 0.05) is 42.9 Å². The predicted molar refractivity (Wildman–Crippen MR) is 132 cm³/mol. The van der Waals surface area contributed by atoms with Crippen molar-refractivity contribution in [2.24, 2.45) is 5.92 Å². The van der Waals surface area contributed by atoms with E-state index in [0.717, 1.165) is 38.8 Å². The van der Waals surface area contributed by atoms with Gasteiger partial charge in [-0.2, -0.15) is 5.10 Å². The van der Waals surface area contributed by atoms with Gasteiger partial charge in [-0.25, -0.2) is 0 Å². The molecule has 0 bridgehead atoms. The zero-order valence-corrected chi connectivity index (χ0v) is 20.3. The number of hydrogen-bond donors (Lipinski definition) is 2. The molecule has 8 nitrogen and oxygen atoms in total. The third-order valence-electron chi connectivity index (χ3n) is 5.69. The number of aromatic amines is 1. The first-order chi connectivity index (χ1) is 16.4. The number of carbonyl (C=O) groups excluding carboxylic acids is 2. The van der Waals surface area contributed by atoms with Gasteiger partial charge in [0.25, 0.3) is 0 Å². The van der Waals surface area contributed by atoms with Gasteiger partial charge < -0.3 is 19.7 Å². The fourth-order valence-corrected chi connectivity index (χ4v) is 4.69. The summed E-state index contributed by atoms with van der Waals surface area (Å²) >= 11 is 1.55. The standard InChI is InChI=1S/C25H28N4O4S/c1-29(2)24(30)8-9-34-23-12-16(19-13-26-27-14-19)4-6-21(23)28-25(31)18-10-17-11-20(32-3)5-7-22(17)33-15-18/h4-7,11-14,18H,8-10,15H2,1-3H3,(H,26,27)(H,28,31)/t18-/m0/s1. The molecule has 178 valence electrons. The number of carbonyl (C=O) groups is 2. The Bertz CT molecular complexity index is 1160. The number of amides is 2. The van der Waals surface area contributed by atoms with E-state index in [1.807, 2.05) is 42.6 Å². The van der Waals surface area contributed by atoms with Crippen molar-refractivity contribution in [3.63, 3.8) is 0 Å². The lowest BCUT2D eigenvalue weighted by Crippen LogP contribution is -2.32. The number of aromatic nitrogens is 2. The second kappa shape index (κ2) is 10.6. The number of H-pyrrole nitrogens is 1. The van der Waals surface area contributed by atoms with Crippen LogP contribution in [0.1, 0.15) is 12.0 Å². The smallest absolute Gasteiger partial charge is 0.231 e. The Labute approximate surface area is 203 Å². The molecule has 0 aliphatic carbocycles. The number of anilines is 1. The van der Waals surface area contributed by atoms with Crippen molar-refractivity contribution in [1.82, 2.24) is 15.1 Å². The van der Waals surface area contributed by atoms with Gasteiger partial charge in [0.15, 0.2) is 0 Å². The van der Waals surface area contributed by atoms with Gasteiger partial charge in [-0.3, -0.25) is 14.7 Å². The highest BCUT2D eigenvalue weighted by molar-refractivity contribution is 7.99. The lowest BCUT2D eigenvalue weighted by molar-refractivity contribution is -0.128. The third kappa shape index (κ3) is 5.53. The first kappa shape index (κ1) is 23.7. The van der Waals surface area contributed by atoms with Gasteiger partial charge in [-0.1, -0.05) is 6.07 Å². The van der Waals surface area contributed by atoms with Crippen LogP contribution in [0, 0.1) is 5.92 Å². The molecule has 0 radical (unpaired) electrons. The number of rotatable bonds is 8. The molecule has 9 heteroatoms. The molecule has 2 aromatic carbocycles. The van der Waals surface area contributed by atoms with Crippen molar-refractivity contribution >= 4 is 29.3 Å². The van der Waals surface area contributed by atoms with Gasteiger partial charge in [-0.15, -0.1) is 11.8 Å². The van der Waals surface area contributed by atoms with Crippen LogP contribution in [-0.2, 0) is 16.0 Å². The SMILES string of the molecule is COc1ccc2c(c1)C[C@H](C(=O)Nc1ccc(-c3cn[nH]c3)cc1SCCC(=O)N(C)C)CO2. The normalized spacial score (nSPS) is 14.6. The number of benzene rings is 2. The molecule has 2 amide bonds. The average Bonchev–Trinajstić information content (AvgIpc) is 3.39. The molecule has 0 fully saturated rings. The maximum Gasteiger partial charge on any atom is 0.231 e. The molecule has 3 aromatic rings. The van der Waals surface area contributed by atoms with Gasteiger partial charge in [0.05, 0.1) is 24.9 Å². The summed E-state index contributed by atoms with van der Waals surface area (Å²) in [6.07, 6.45) is 4.56. The average molecular weight is 481 g/mol. The quantitative estimate of drug-likeness (QED) is 0.476. The zero-order valence-electron chi connectivity index (χ0n) is 19.5. The van der Waals surface area contributed by atoms with E-state index >= 15 is 0 Å². The fraction of sp³-hybridized carbons (Fsp3) is 0.320. The first-order valence-corrected chi connectivity index (χ1v) is 12.0. The Morgan fingerprint density at radius 3 is 2.82 bits per heavy atom. The zero-order chi connectivity index (χ0) is 24.1. The highest BCUT2D eigenvalue weighted by Crippen LogP contribution is 2.34. The van der Waals surface area contributed by atoms with Crippen LogP contribution in [0.3, 0.4) is 0 Å². The summed E-state index contributed by atoms with van der Waals surface area (Å²) in [5, 5.41) is 9.93. The molecule has 34 heavy (non-hydrogen) atoms. The molecule has 1 aliphatic rings. The number of hydrogen-bond acceptors (Lipinski definition) is 6. The largest absolute Gasteiger partial charge is 0.497 e. The predicted octanol–water partition coefficient (Wildman–Crippen LogP) is 3.85. The molecular formula is C25H28N4O4S. The van der Waals surface area contributed by atoms with E-state index in [2.05, 4.69) is 15.5 Å². The van der Waals surface area contributed by atoms with Crippen LogP contribution in [0.4, 0.5) is 5.69 Å². The van der Waals surface area contributed by atoms with Crippen LogP contribution < -0.4 is 14.8 Å². The molecule has 1 aromatic heterocycles. The highest BCUT2D eigenvalue weighted by Gasteiger charge is 2.27. The monoisotopic (exact) mass is 480 g/mol. The van der Waals surface area contributed by atoms with Crippen molar-refractivity contribution in [3.05, 3.63) is 54.4 Å². The Hall–Kier alpha value is -3.46. The topological polar surface area (TPSA) is 96.5 Å². The van der Waals surface area contributed by atoms with Crippen molar-refractivity contribution in [2.75, 3.05) is 38.9 Å². The second-order valence-corrected chi connectivity index (χ2v) is 9.40. The van der Waals surface area contributed by atoms with Crippen molar-refractivity contribution in [3.8, 4) is 22.6 Å². The van der Waals surface area contributed by atoms with Gasteiger partial charge in [0.1, 0.15) is 18.1 Å². The maximum atomic E-state index is 13.2. The van der Waals surface area contributed by atoms with E-state index < -0.39 is 0 Å². The summed E-state index contributed by atoms with van der Waals surface area (Å²) in [7, 11) is 5.12. The number of nitrogens with zero attached hydrogens (tertiary/aromatic N) is 2. The van der Waals surface area contributed by atoms with Crippen LogP contribution in [0.5, 0.6) is 11.5 Å². The number of methoxy groups -OCH3 is 1. The van der Waals surface area contributed by atoms with Crippen molar-refractivity contribution in [2.45, 2.75) is 17.7 Å². The number of nitrogens with one attached hydrogen (secondary N) is 2. The molecule has 1 aliphatic heterocycles. The second-order valence-electron chi connectivity index (χ2n) is 8.26. The van der Waals surface area contributed by atoms with Crippen LogP contribution in [0.25, 0.3) is 11.1 Å². The summed E-state index contributed by atoms with van der Waals surface area (Å²) in [5.74, 6) is 1.78. The molecule has 2 N–H and O–H groups in total. The first-order valence-electron chi connectivity index (χ1n) is 11.0. The van der Waals surface area contributed by atoms with Crippen LogP contribution in [-0.4, -0.2) is 60.5 Å². The van der Waals surface area contributed by atoms with Crippen molar-refractivity contribution < 1.29 is 19.1 Å². The molecule has 2 heterocycles. The van der Waals surface area contributed by atoms with Crippen LogP contribution >= 0.6 is 11.8 Å². The maximum absolute atomic E-state index is 13.2. The third-order valence-corrected chi connectivity index (χ3v) is 6.75. The minimum absolute atomic E-state index is 0.0672. The van der Waals surface area contributed by atoms with E-state index in [9.17, 15) is 9.59 Å². The summed E-state index contributed by atoms with van der Waals surface area (Å²) < 4.78 is 11.1. The number of thioether (sulfide) groups is 1. The van der Waals surface area contributed by atoms with Gasteiger partial charge in [-0.05, 0) is 47.9 Å². The van der Waals surface area contributed by atoms with E-state index in [0.29, 0.717) is 25.2 Å². The van der Waals surface area contributed by atoms with Crippen LogP contribution in [0.2, 0.25) is 0 Å². The lowest BCUT2D eigenvalue weighted by atomic mass is 9.95. The Morgan fingerprint density at radius 2 is 2.09 bits per heavy atom. The van der Waals surface area contributed by atoms with E-state index in [-0.39, 0.29) is 17.7 Å². The fourth-order valence-electron chi connectivity index (χ4n) is 3.71. The molecule has 0 saturated heterocycles. The Balaban J connectivity index is 1.50. The number of fused-ring (bicyclic) bond motifs is 1. The molecule has 0 saturated carbocycles. The minimum Gasteiger partial charge on any atom is -0.497 e. The summed E-state index contributed by atoms with van der Waals surface area (Å²) in [5.41, 5.74) is 3.61. The highest BCUT2D eigenvalue weighted by atomic mass is 32.2. The molecule has 0 spiro atoms. The summed E-state index contributed by atoms with van der Waals surface area (Å²) in [6, 6.07) is 11.5. The summed E-state index contributed by atoms with van der Waals surface area (Å²) in [4.78, 5) is 27.7. The van der Waals surface area contributed by atoms with E-state index in [1.165, 1.54) is 0 Å². The minimum atomic E-state index is -0.318. The summed E-state index contributed by atoms with van der Waals surface area (Å²) in [6.45, 7) is 0.318.